The molecule has 0 bridgehead atoms. The fourth-order valence-corrected chi connectivity index (χ4v) is 1.96. The first-order chi connectivity index (χ1) is 3.77. The average molecular weight is 136 g/mol. The van der Waals surface area contributed by atoms with Crippen molar-refractivity contribution in [1.29, 1.82) is 0 Å². The molecule has 8 heavy (non-hydrogen) atoms. The maximum atomic E-state index is 12.8. The molecule has 0 aromatic heterocycles. The summed E-state index contributed by atoms with van der Waals surface area (Å²) in [6, 6.07) is 0. The molecular formula is C5H9FOS. The highest BCUT2D eigenvalue weighted by molar-refractivity contribution is 7.99. The molecule has 0 amide bonds. The minimum absolute atomic E-state index is 0.306. The first-order valence-electron chi connectivity index (χ1n) is 2.64. The molecule has 0 aliphatic carbocycles. The van der Waals surface area contributed by atoms with E-state index >= 15 is 0 Å². The van der Waals surface area contributed by atoms with Gasteiger partial charge in [0.05, 0.1) is 6.61 Å². The van der Waals surface area contributed by atoms with Crippen molar-refractivity contribution in [1.82, 2.24) is 0 Å². The van der Waals surface area contributed by atoms with Crippen LogP contribution >= 0.6 is 11.8 Å². The Kier molecular flexibility index (Phi) is 1.77. The summed E-state index contributed by atoms with van der Waals surface area (Å²) in [5.74, 6) is 1.33. The largest absolute Gasteiger partial charge is 0.393 e. The Morgan fingerprint density at radius 3 is 2.75 bits per heavy atom. The van der Waals surface area contributed by atoms with Crippen molar-refractivity contribution < 1.29 is 9.50 Å². The first-order valence-corrected chi connectivity index (χ1v) is 3.80. The maximum Gasteiger partial charge on any atom is 0.143 e. The number of aliphatic hydroxyl groups excluding tert-OH is 1. The monoisotopic (exact) mass is 136 g/mol. The van der Waals surface area contributed by atoms with Crippen molar-refractivity contribution in [3.8, 4) is 0 Å². The van der Waals surface area contributed by atoms with Crippen LogP contribution in [-0.4, -0.2) is 28.9 Å². The van der Waals surface area contributed by atoms with Crippen molar-refractivity contribution in [2.24, 2.45) is 0 Å². The van der Waals surface area contributed by atoms with Gasteiger partial charge in [-0.15, -0.1) is 0 Å². The van der Waals surface area contributed by atoms with Gasteiger partial charge in [-0.1, -0.05) is 0 Å². The molecule has 1 saturated heterocycles. The lowest BCUT2D eigenvalue weighted by atomic mass is 10.1. The Hall–Kier alpha value is 0.240. The van der Waals surface area contributed by atoms with Crippen LogP contribution in [0.5, 0.6) is 0 Å². The van der Waals surface area contributed by atoms with E-state index in [9.17, 15) is 4.39 Å². The van der Waals surface area contributed by atoms with Gasteiger partial charge in [0.2, 0.25) is 0 Å². The first kappa shape index (κ1) is 6.36. The lowest BCUT2D eigenvalue weighted by Gasteiger charge is -2.12. The molecule has 1 fully saturated rings. The maximum absolute atomic E-state index is 12.8. The number of hydrogen-bond donors (Lipinski definition) is 1. The van der Waals surface area contributed by atoms with E-state index in [0.29, 0.717) is 12.2 Å². The number of aliphatic hydroxyl groups is 1. The lowest BCUT2D eigenvalue weighted by Crippen LogP contribution is -2.26. The van der Waals surface area contributed by atoms with Gasteiger partial charge in [0.15, 0.2) is 0 Å². The highest BCUT2D eigenvalue weighted by Gasteiger charge is 2.32. The second kappa shape index (κ2) is 2.23. The Balaban J connectivity index is 2.40. The van der Waals surface area contributed by atoms with Crippen molar-refractivity contribution in [3.63, 3.8) is 0 Å². The lowest BCUT2D eigenvalue weighted by molar-refractivity contribution is 0.0951. The van der Waals surface area contributed by atoms with Gasteiger partial charge < -0.3 is 5.11 Å². The van der Waals surface area contributed by atoms with E-state index in [1.807, 2.05) is 0 Å². The summed E-state index contributed by atoms with van der Waals surface area (Å²) in [5.41, 5.74) is -1.25. The Bertz CT molecular complexity index is 80.5. The predicted molar refractivity (Wildman–Crippen MR) is 32.9 cm³/mol. The minimum Gasteiger partial charge on any atom is -0.393 e. The van der Waals surface area contributed by atoms with E-state index in [1.165, 1.54) is 0 Å². The normalized spacial score (nSPS) is 38.2. The zero-order chi connectivity index (χ0) is 6.04. The zero-order valence-corrected chi connectivity index (χ0v) is 5.38. The third kappa shape index (κ3) is 1.14. The number of alkyl halides is 1. The molecule has 1 unspecified atom stereocenters. The Labute approximate surface area is 52.3 Å². The molecule has 0 aromatic rings. The van der Waals surface area contributed by atoms with E-state index in [0.717, 1.165) is 5.75 Å². The fourth-order valence-electron chi connectivity index (χ4n) is 0.707. The van der Waals surface area contributed by atoms with Crippen LogP contribution in [0.25, 0.3) is 0 Å². The molecule has 1 aliphatic rings. The molecule has 0 saturated carbocycles. The average Bonchev–Trinajstić information content (AvgIpc) is 2.17. The van der Waals surface area contributed by atoms with Gasteiger partial charge in [-0.25, -0.2) is 4.39 Å². The van der Waals surface area contributed by atoms with Crippen LogP contribution in [0.4, 0.5) is 4.39 Å². The van der Waals surface area contributed by atoms with E-state index in [1.54, 1.807) is 11.8 Å². The third-order valence-electron chi connectivity index (χ3n) is 1.34. The van der Waals surface area contributed by atoms with Crippen molar-refractivity contribution in [3.05, 3.63) is 0 Å². The molecule has 0 aromatic carbocycles. The summed E-state index contributed by atoms with van der Waals surface area (Å²) >= 11 is 1.57. The smallest absolute Gasteiger partial charge is 0.143 e. The Morgan fingerprint density at radius 1 is 1.75 bits per heavy atom. The topological polar surface area (TPSA) is 20.2 Å². The molecule has 48 valence electrons. The van der Waals surface area contributed by atoms with E-state index in [2.05, 4.69) is 0 Å². The quantitative estimate of drug-likeness (QED) is 0.576. The second-order valence-electron chi connectivity index (χ2n) is 2.11. The van der Waals surface area contributed by atoms with Gasteiger partial charge in [-0.05, 0) is 12.2 Å². The number of hydrogen-bond acceptors (Lipinski definition) is 2. The number of halogens is 1. The van der Waals surface area contributed by atoms with Crippen LogP contribution in [0, 0.1) is 0 Å². The summed E-state index contributed by atoms with van der Waals surface area (Å²) in [6.45, 7) is -0.306. The molecule has 0 radical (unpaired) electrons. The van der Waals surface area contributed by atoms with Gasteiger partial charge in [0.25, 0.3) is 0 Å². The van der Waals surface area contributed by atoms with E-state index in [4.69, 9.17) is 5.11 Å². The molecule has 1 atom stereocenters. The molecule has 1 nitrogen and oxygen atoms in total. The highest BCUT2D eigenvalue weighted by atomic mass is 32.2. The zero-order valence-electron chi connectivity index (χ0n) is 4.56. The standard InChI is InChI=1S/C5H9FOS/c6-5(3-7)1-2-8-4-5/h7H,1-4H2. The van der Waals surface area contributed by atoms with Crippen LogP contribution in [0.3, 0.4) is 0 Å². The summed E-state index contributed by atoms with van der Waals surface area (Å²) in [6.07, 6.45) is 0.522. The van der Waals surface area contributed by atoms with Gasteiger partial charge in [0.1, 0.15) is 5.67 Å². The highest BCUT2D eigenvalue weighted by Crippen LogP contribution is 2.30. The van der Waals surface area contributed by atoms with E-state index < -0.39 is 5.67 Å². The Morgan fingerprint density at radius 2 is 2.50 bits per heavy atom. The molecular weight excluding hydrogens is 127 g/mol. The number of rotatable bonds is 1. The van der Waals surface area contributed by atoms with Crippen LogP contribution in [0.15, 0.2) is 0 Å². The van der Waals surface area contributed by atoms with Crippen LogP contribution < -0.4 is 0 Å². The minimum atomic E-state index is -1.25. The molecule has 1 N–H and O–H groups in total. The fraction of sp³-hybridized carbons (Fsp3) is 1.00. The molecule has 1 heterocycles. The molecule has 1 rings (SSSR count). The summed E-state index contributed by atoms with van der Waals surface area (Å²) in [7, 11) is 0. The third-order valence-corrected chi connectivity index (χ3v) is 2.55. The molecule has 1 aliphatic heterocycles. The number of thioether (sulfide) groups is 1. The van der Waals surface area contributed by atoms with Crippen molar-refractivity contribution >= 4 is 11.8 Å². The van der Waals surface area contributed by atoms with Gasteiger partial charge in [-0.2, -0.15) is 11.8 Å². The summed E-state index contributed by atoms with van der Waals surface area (Å²) in [4.78, 5) is 0. The second-order valence-corrected chi connectivity index (χ2v) is 3.22. The van der Waals surface area contributed by atoms with Gasteiger partial charge in [-0.3, -0.25) is 0 Å². The van der Waals surface area contributed by atoms with Crippen molar-refractivity contribution in [2.75, 3.05) is 18.1 Å². The predicted octanol–water partition coefficient (Wildman–Crippen LogP) is 0.824. The molecule has 3 heteroatoms. The van der Waals surface area contributed by atoms with E-state index in [-0.39, 0.29) is 6.61 Å². The van der Waals surface area contributed by atoms with Crippen LogP contribution in [-0.2, 0) is 0 Å². The summed E-state index contributed by atoms with van der Waals surface area (Å²) in [5, 5.41) is 8.44. The van der Waals surface area contributed by atoms with Gasteiger partial charge in [0, 0.05) is 5.75 Å². The SMILES string of the molecule is OCC1(F)CCSC1. The van der Waals surface area contributed by atoms with Gasteiger partial charge >= 0.3 is 0 Å². The molecule has 0 spiro atoms. The van der Waals surface area contributed by atoms with Crippen LogP contribution in [0.1, 0.15) is 6.42 Å². The van der Waals surface area contributed by atoms with Crippen molar-refractivity contribution in [2.45, 2.75) is 12.1 Å². The van der Waals surface area contributed by atoms with Crippen LogP contribution in [0.2, 0.25) is 0 Å². The summed E-state index contributed by atoms with van der Waals surface area (Å²) < 4.78 is 12.8.